The average Bonchev–Trinajstić information content (AvgIpc) is 3.01. The Kier molecular flexibility index (Phi) is 4.83. The number of benzene rings is 2. The zero-order valence-electron chi connectivity index (χ0n) is 15.4. The first kappa shape index (κ1) is 20.0. The fourth-order valence-electron chi connectivity index (χ4n) is 3.15. The van der Waals surface area contributed by atoms with E-state index in [2.05, 4.69) is 14.7 Å². The smallest absolute Gasteiger partial charge is 0.264 e. The molecule has 4 aromatic rings. The number of nitrogens with zero attached hydrogens (tertiary/aromatic N) is 3. The number of hydrogen-bond acceptors (Lipinski definition) is 5. The topological polar surface area (TPSA) is 103 Å². The Morgan fingerprint density at radius 3 is 2.63 bits per heavy atom. The fourth-order valence-corrected chi connectivity index (χ4v) is 4.43. The largest absolute Gasteiger partial charge is 0.383 e. The molecule has 3 N–H and O–H groups in total. The number of nitrogens with two attached hydrogens (primary N) is 1. The molecule has 154 valence electrons. The number of nitrogens with one attached hydrogen (secondary N) is 1. The molecule has 0 aliphatic carbocycles. The molecule has 2 heterocycles. The first-order valence-corrected chi connectivity index (χ1v) is 10.4. The molecule has 0 amide bonds. The van der Waals surface area contributed by atoms with Crippen molar-refractivity contribution in [2.24, 2.45) is 7.05 Å². The third-order valence-corrected chi connectivity index (χ3v) is 6.13. The van der Waals surface area contributed by atoms with Crippen molar-refractivity contribution in [2.45, 2.75) is 4.90 Å². The molecular formula is C19H14ClF2N5O2S. The van der Waals surface area contributed by atoms with Crippen LogP contribution in [0.1, 0.15) is 0 Å². The summed E-state index contributed by atoms with van der Waals surface area (Å²) in [6, 6.07) is 7.26. The predicted molar refractivity (Wildman–Crippen MR) is 111 cm³/mol. The molecule has 11 heteroatoms. The van der Waals surface area contributed by atoms with Gasteiger partial charge in [-0.3, -0.25) is 4.72 Å². The van der Waals surface area contributed by atoms with Crippen molar-refractivity contribution in [3.8, 4) is 11.1 Å². The summed E-state index contributed by atoms with van der Waals surface area (Å²) in [7, 11) is -2.69. The number of halogens is 3. The van der Waals surface area contributed by atoms with Gasteiger partial charge in [-0.1, -0.05) is 23.7 Å². The highest BCUT2D eigenvalue weighted by molar-refractivity contribution is 7.92. The zero-order valence-corrected chi connectivity index (χ0v) is 17.0. The first-order chi connectivity index (χ1) is 14.2. The molecule has 0 bridgehead atoms. The maximum absolute atomic E-state index is 15.3. The Morgan fingerprint density at radius 1 is 1.13 bits per heavy atom. The molecule has 2 aromatic heterocycles. The molecule has 0 atom stereocenters. The number of aryl methyl sites for hydroxylation is 1. The number of aromatic nitrogens is 3. The molecule has 0 spiro atoms. The SMILES string of the molecule is Cn1cc(-c2cccc(NS(=O)(=O)c3ccc(Cl)cc3F)c2F)c2c(N)ncnc21. The average molecular weight is 450 g/mol. The monoisotopic (exact) mass is 449 g/mol. The highest BCUT2D eigenvalue weighted by atomic mass is 35.5. The molecule has 0 saturated heterocycles. The van der Waals surface area contributed by atoms with Crippen molar-refractivity contribution in [3.63, 3.8) is 0 Å². The van der Waals surface area contributed by atoms with Crippen molar-refractivity contribution in [3.05, 3.63) is 65.6 Å². The van der Waals surface area contributed by atoms with E-state index in [1.165, 1.54) is 30.6 Å². The van der Waals surface area contributed by atoms with Gasteiger partial charge in [-0.15, -0.1) is 0 Å². The second kappa shape index (κ2) is 7.22. The van der Waals surface area contributed by atoms with Crippen LogP contribution in [0.5, 0.6) is 0 Å². The van der Waals surface area contributed by atoms with E-state index in [9.17, 15) is 12.8 Å². The summed E-state index contributed by atoms with van der Waals surface area (Å²) >= 11 is 5.67. The van der Waals surface area contributed by atoms with Crippen molar-refractivity contribution in [1.82, 2.24) is 14.5 Å². The third kappa shape index (κ3) is 3.33. The number of sulfonamides is 1. The van der Waals surface area contributed by atoms with Gasteiger partial charge in [-0.05, 0) is 24.3 Å². The van der Waals surface area contributed by atoms with Gasteiger partial charge in [0, 0.05) is 29.4 Å². The van der Waals surface area contributed by atoms with Gasteiger partial charge in [0.15, 0.2) is 5.82 Å². The summed E-state index contributed by atoms with van der Waals surface area (Å²) in [5, 5.41) is 0.470. The van der Waals surface area contributed by atoms with Gasteiger partial charge in [0.2, 0.25) is 0 Å². The lowest BCUT2D eigenvalue weighted by Crippen LogP contribution is -2.15. The summed E-state index contributed by atoms with van der Waals surface area (Å²) in [5.41, 5.74) is 6.56. The van der Waals surface area contributed by atoms with Crippen molar-refractivity contribution >= 4 is 44.2 Å². The van der Waals surface area contributed by atoms with Crippen LogP contribution in [0.25, 0.3) is 22.2 Å². The minimum absolute atomic E-state index is 0.0374. The van der Waals surface area contributed by atoms with Crippen LogP contribution < -0.4 is 10.5 Å². The minimum Gasteiger partial charge on any atom is -0.383 e. The van der Waals surface area contributed by atoms with Gasteiger partial charge >= 0.3 is 0 Å². The number of rotatable bonds is 4. The molecule has 0 aliphatic rings. The molecule has 0 fully saturated rings. The molecule has 0 unspecified atom stereocenters. The Labute approximate surface area is 175 Å². The van der Waals surface area contributed by atoms with Crippen molar-refractivity contribution < 1.29 is 17.2 Å². The van der Waals surface area contributed by atoms with Gasteiger partial charge < -0.3 is 10.3 Å². The van der Waals surface area contributed by atoms with E-state index in [0.29, 0.717) is 16.6 Å². The van der Waals surface area contributed by atoms with E-state index in [1.807, 2.05) is 0 Å². The minimum atomic E-state index is -4.41. The molecule has 7 nitrogen and oxygen atoms in total. The van der Waals surface area contributed by atoms with E-state index >= 15 is 4.39 Å². The highest BCUT2D eigenvalue weighted by Crippen LogP contribution is 2.36. The van der Waals surface area contributed by atoms with Crippen molar-refractivity contribution in [1.29, 1.82) is 0 Å². The van der Waals surface area contributed by atoms with Crippen LogP contribution in [0.2, 0.25) is 5.02 Å². The molecule has 0 aliphatic heterocycles. The van der Waals surface area contributed by atoms with Gasteiger partial charge in [-0.25, -0.2) is 27.2 Å². The molecule has 0 saturated carbocycles. The summed E-state index contributed by atoms with van der Waals surface area (Å²) in [6.45, 7) is 0. The fraction of sp³-hybridized carbons (Fsp3) is 0.0526. The summed E-state index contributed by atoms with van der Waals surface area (Å²) < 4.78 is 58.3. The number of fused-ring (bicyclic) bond motifs is 1. The highest BCUT2D eigenvalue weighted by Gasteiger charge is 2.23. The molecule has 2 aromatic carbocycles. The lowest BCUT2D eigenvalue weighted by Gasteiger charge is -2.12. The lowest BCUT2D eigenvalue weighted by atomic mass is 10.0. The van der Waals surface area contributed by atoms with E-state index in [1.54, 1.807) is 17.8 Å². The molecule has 4 rings (SSSR count). The number of nitrogen functional groups attached to an aromatic ring is 1. The van der Waals surface area contributed by atoms with Gasteiger partial charge in [-0.2, -0.15) is 0 Å². The zero-order chi connectivity index (χ0) is 21.6. The van der Waals surface area contributed by atoms with Crippen LogP contribution in [-0.2, 0) is 17.1 Å². The second-order valence-corrected chi connectivity index (χ2v) is 8.55. The number of anilines is 2. The summed E-state index contributed by atoms with van der Waals surface area (Å²) in [4.78, 5) is 7.43. The maximum Gasteiger partial charge on any atom is 0.264 e. The van der Waals surface area contributed by atoms with E-state index < -0.39 is 26.6 Å². The van der Waals surface area contributed by atoms with Gasteiger partial charge in [0.05, 0.1) is 11.1 Å². The Morgan fingerprint density at radius 2 is 1.90 bits per heavy atom. The van der Waals surface area contributed by atoms with E-state index in [0.717, 1.165) is 12.1 Å². The lowest BCUT2D eigenvalue weighted by molar-refractivity contribution is 0.569. The third-order valence-electron chi connectivity index (χ3n) is 4.50. The van der Waals surface area contributed by atoms with Crippen LogP contribution in [0.4, 0.5) is 20.3 Å². The maximum atomic E-state index is 15.3. The van der Waals surface area contributed by atoms with Gasteiger partial charge in [0.25, 0.3) is 10.0 Å². The first-order valence-electron chi connectivity index (χ1n) is 8.51. The van der Waals surface area contributed by atoms with E-state index in [-0.39, 0.29) is 22.1 Å². The van der Waals surface area contributed by atoms with Crippen LogP contribution >= 0.6 is 11.6 Å². The second-order valence-electron chi connectivity index (χ2n) is 6.46. The van der Waals surface area contributed by atoms with E-state index in [4.69, 9.17) is 17.3 Å². The molecule has 30 heavy (non-hydrogen) atoms. The van der Waals surface area contributed by atoms with Crippen molar-refractivity contribution in [2.75, 3.05) is 10.5 Å². The molecule has 0 radical (unpaired) electrons. The Bertz CT molecular complexity index is 1410. The quantitative estimate of drug-likeness (QED) is 0.491. The standard InChI is InChI=1S/C19H14ClF2N5O2S/c1-27-8-12(16-18(23)24-9-25-19(16)27)11-3-2-4-14(17(11)22)26-30(28,29)15-6-5-10(20)7-13(15)21/h2-9,26H,1H3,(H2,23,24,25). The van der Waals surface area contributed by atoms with Crippen LogP contribution in [0.3, 0.4) is 0 Å². The summed E-state index contributed by atoms with van der Waals surface area (Å²) in [6.07, 6.45) is 2.91. The predicted octanol–water partition coefficient (Wildman–Crippen LogP) is 3.95. The molecular weight excluding hydrogens is 436 g/mol. The Balaban J connectivity index is 1.82. The summed E-state index contributed by atoms with van der Waals surface area (Å²) in [5.74, 6) is -1.75. The van der Waals surface area contributed by atoms with Crippen LogP contribution in [0.15, 0.2) is 53.8 Å². The number of hydrogen-bond donors (Lipinski definition) is 2. The van der Waals surface area contributed by atoms with Gasteiger partial charge in [0.1, 0.15) is 28.5 Å². The van der Waals surface area contributed by atoms with Crippen LogP contribution in [0, 0.1) is 11.6 Å². The Hall–Kier alpha value is -3.24. The normalized spacial score (nSPS) is 11.7. The van der Waals surface area contributed by atoms with Crippen LogP contribution in [-0.4, -0.2) is 23.0 Å².